The number of hydrogen-bond acceptors (Lipinski definition) is 4. The summed E-state index contributed by atoms with van der Waals surface area (Å²) in [5.41, 5.74) is -0.269. The summed E-state index contributed by atoms with van der Waals surface area (Å²) < 4.78 is 24.6. The van der Waals surface area contributed by atoms with Gasteiger partial charge in [-0.25, -0.2) is 9.18 Å². The summed E-state index contributed by atoms with van der Waals surface area (Å²) in [6.45, 7) is 5.50. The maximum Gasteiger partial charge on any atom is 0.407 e. The van der Waals surface area contributed by atoms with Crippen molar-refractivity contribution >= 4 is 12.0 Å². The fourth-order valence-corrected chi connectivity index (χ4v) is 2.65. The molecule has 1 aromatic carbocycles. The topological polar surface area (TPSA) is 76.7 Å². The lowest BCUT2D eigenvalue weighted by molar-refractivity contribution is -0.123. The summed E-state index contributed by atoms with van der Waals surface area (Å²) in [6.07, 6.45) is -0.508. The van der Waals surface area contributed by atoms with Gasteiger partial charge in [0.05, 0.1) is 13.2 Å². The minimum absolute atomic E-state index is 0.0870. The molecule has 2 atom stereocenters. The smallest absolute Gasteiger partial charge is 0.407 e. The number of rotatable bonds is 3. The van der Waals surface area contributed by atoms with Crippen LogP contribution in [0.25, 0.3) is 0 Å². The van der Waals surface area contributed by atoms with E-state index in [-0.39, 0.29) is 18.9 Å². The molecule has 2 rings (SSSR count). The molecule has 1 aliphatic heterocycles. The highest BCUT2D eigenvalue weighted by atomic mass is 19.1. The molecule has 132 valence electrons. The summed E-state index contributed by atoms with van der Waals surface area (Å²) >= 11 is 0. The number of piperidine rings is 1. The maximum atomic E-state index is 14.4. The third kappa shape index (κ3) is 4.59. The number of alkyl carbamates (subject to hydrolysis) is 1. The molecule has 1 saturated heterocycles. The Hall–Kier alpha value is -2.31. The zero-order chi connectivity index (χ0) is 17.9. The van der Waals surface area contributed by atoms with Crippen LogP contribution in [-0.2, 0) is 9.53 Å². The summed E-state index contributed by atoms with van der Waals surface area (Å²) in [5.74, 6) is -0.729. The Kier molecular flexibility index (Phi) is 5.31. The molecular weight excluding hydrogens is 315 g/mol. The molecule has 0 spiro atoms. The van der Waals surface area contributed by atoms with Crippen molar-refractivity contribution in [1.82, 2.24) is 10.6 Å². The van der Waals surface area contributed by atoms with Crippen molar-refractivity contribution in [3.8, 4) is 5.75 Å². The fraction of sp³-hybridized carbons (Fsp3) is 0.529. The first-order chi connectivity index (χ1) is 11.2. The van der Waals surface area contributed by atoms with Gasteiger partial charge < -0.3 is 20.1 Å². The average molecular weight is 338 g/mol. The number of carbonyl (C=O) groups excluding carboxylic acids is 2. The highest BCUT2D eigenvalue weighted by molar-refractivity contribution is 5.79. The quantitative estimate of drug-likeness (QED) is 0.887. The molecule has 0 aromatic heterocycles. The van der Waals surface area contributed by atoms with E-state index in [0.29, 0.717) is 11.3 Å². The summed E-state index contributed by atoms with van der Waals surface area (Å²) in [5, 5.41) is 5.41. The first kappa shape index (κ1) is 18.0. The van der Waals surface area contributed by atoms with E-state index >= 15 is 0 Å². The molecule has 7 heteroatoms. The summed E-state index contributed by atoms with van der Waals surface area (Å²) in [4.78, 5) is 23.8. The van der Waals surface area contributed by atoms with Gasteiger partial charge in [0.15, 0.2) is 0 Å². The lowest BCUT2D eigenvalue weighted by atomic mass is 9.85. The number of hydrogen-bond donors (Lipinski definition) is 2. The van der Waals surface area contributed by atoms with Crippen molar-refractivity contribution in [2.45, 2.75) is 44.8 Å². The van der Waals surface area contributed by atoms with E-state index in [1.54, 1.807) is 32.9 Å². The first-order valence-electron chi connectivity index (χ1n) is 7.79. The van der Waals surface area contributed by atoms with Gasteiger partial charge in [-0.15, -0.1) is 0 Å². The predicted octanol–water partition coefficient (Wildman–Crippen LogP) is 2.33. The van der Waals surface area contributed by atoms with Crippen LogP contribution in [0.1, 0.15) is 38.7 Å². The number of ether oxygens (including phenoxy) is 2. The molecule has 0 bridgehead atoms. The Morgan fingerprint density at radius 3 is 2.67 bits per heavy atom. The molecular formula is C17H23FN2O4. The molecule has 0 unspecified atom stereocenters. The van der Waals surface area contributed by atoms with Crippen LogP contribution in [0.4, 0.5) is 9.18 Å². The van der Waals surface area contributed by atoms with Crippen LogP contribution in [0.15, 0.2) is 18.2 Å². The van der Waals surface area contributed by atoms with E-state index in [9.17, 15) is 14.0 Å². The number of methoxy groups -OCH3 is 1. The minimum atomic E-state index is -0.636. The standard InChI is InChI=1S/C17H23FN2O4/c1-17(2,3)24-16(22)20-14-9-19-15(21)8-12(14)11-6-5-10(23-4)7-13(11)18/h5-7,12,14H,8-9H2,1-4H3,(H,19,21)(H,20,22)/t12-,14+/m0/s1. The molecule has 0 saturated carbocycles. The van der Waals surface area contributed by atoms with Crippen molar-refractivity contribution < 1.29 is 23.5 Å². The highest BCUT2D eigenvalue weighted by Crippen LogP contribution is 2.30. The molecule has 6 nitrogen and oxygen atoms in total. The average Bonchev–Trinajstić information content (AvgIpc) is 2.47. The maximum absolute atomic E-state index is 14.4. The zero-order valence-electron chi connectivity index (χ0n) is 14.3. The number of carbonyl (C=O) groups is 2. The van der Waals surface area contributed by atoms with Crippen LogP contribution >= 0.6 is 0 Å². The molecule has 2 amide bonds. The second-order valence-corrected chi connectivity index (χ2v) is 6.75. The molecule has 0 radical (unpaired) electrons. The van der Waals surface area contributed by atoms with E-state index in [4.69, 9.17) is 9.47 Å². The van der Waals surface area contributed by atoms with Crippen molar-refractivity contribution in [1.29, 1.82) is 0 Å². The second kappa shape index (κ2) is 7.07. The Balaban J connectivity index is 2.20. The largest absolute Gasteiger partial charge is 0.497 e. The van der Waals surface area contributed by atoms with Crippen LogP contribution in [0.3, 0.4) is 0 Å². The third-order valence-corrected chi connectivity index (χ3v) is 3.72. The normalized spacial score (nSPS) is 21.0. The van der Waals surface area contributed by atoms with Crippen molar-refractivity contribution in [2.24, 2.45) is 0 Å². The molecule has 24 heavy (non-hydrogen) atoms. The van der Waals surface area contributed by atoms with Gasteiger partial charge in [-0.3, -0.25) is 4.79 Å². The number of amides is 2. The van der Waals surface area contributed by atoms with Crippen molar-refractivity contribution in [3.63, 3.8) is 0 Å². The van der Waals surface area contributed by atoms with Gasteiger partial charge in [-0.05, 0) is 32.4 Å². The van der Waals surface area contributed by atoms with Gasteiger partial charge in [0.1, 0.15) is 17.2 Å². The van der Waals surface area contributed by atoms with Crippen LogP contribution < -0.4 is 15.4 Å². The van der Waals surface area contributed by atoms with E-state index in [0.717, 1.165) is 0 Å². The van der Waals surface area contributed by atoms with E-state index in [1.807, 2.05) is 0 Å². The van der Waals surface area contributed by atoms with Gasteiger partial charge in [0.25, 0.3) is 0 Å². The SMILES string of the molecule is COc1ccc([C@@H]2CC(=O)NC[C@H]2NC(=O)OC(C)(C)C)c(F)c1. The van der Waals surface area contributed by atoms with Crippen LogP contribution in [0.2, 0.25) is 0 Å². The molecule has 1 heterocycles. The van der Waals surface area contributed by atoms with Crippen LogP contribution in [0.5, 0.6) is 5.75 Å². The van der Waals surface area contributed by atoms with Gasteiger partial charge in [-0.1, -0.05) is 6.07 Å². The van der Waals surface area contributed by atoms with E-state index < -0.39 is 29.5 Å². The minimum Gasteiger partial charge on any atom is -0.497 e. The number of halogens is 1. The highest BCUT2D eigenvalue weighted by Gasteiger charge is 2.34. The van der Waals surface area contributed by atoms with Gasteiger partial charge >= 0.3 is 6.09 Å². The zero-order valence-corrected chi connectivity index (χ0v) is 14.3. The number of nitrogens with one attached hydrogen (secondary N) is 2. The monoisotopic (exact) mass is 338 g/mol. The number of benzene rings is 1. The Bertz CT molecular complexity index is 628. The van der Waals surface area contributed by atoms with Crippen molar-refractivity contribution in [3.05, 3.63) is 29.6 Å². The van der Waals surface area contributed by atoms with Gasteiger partial charge in [0.2, 0.25) is 5.91 Å². The molecule has 1 aromatic rings. The Labute approximate surface area is 140 Å². The molecule has 1 aliphatic rings. The van der Waals surface area contributed by atoms with Crippen LogP contribution in [-0.4, -0.2) is 37.3 Å². The Morgan fingerprint density at radius 1 is 1.38 bits per heavy atom. The lowest BCUT2D eigenvalue weighted by Crippen LogP contribution is -2.53. The summed E-state index contributed by atoms with van der Waals surface area (Å²) in [7, 11) is 1.45. The molecule has 0 aliphatic carbocycles. The Morgan fingerprint density at radius 2 is 2.08 bits per heavy atom. The second-order valence-electron chi connectivity index (χ2n) is 6.75. The van der Waals surface area contributed by atoms with Gasteiger partial charge in [0, 0.05) is 24.9 Å². The predicted molar refractivity (Wildman–Crippen MR) is 86.5 cm³/mol. The van der Waals surface area contributed by atoms with Crippen LogP contribution in [0, 0.1) is 5.82 Å². The molecule has 2 N–H and O–H groups in total. The van der Waals surface area contributed by atoms with Gasteiger partial charge in [-0.2, -0.15) is 0 Å². The lowest BCUT2D eigenvalue weighted by Gasteiger charge is -2.33. The molecule has 1 fully saturated rings. The summed E-state index contributed by atoms with van der Waals surface area (Å²) in [6, 6.07) is 4.03. The van der Waals surface area contributed by atoms with E-state index in [2.05, 4.69) is 10.6 Å². The van der Waals surface area contributed by atoms with E-state index in [1.165, 1.54) is 13.2 Å². The third-order valence-electron chi connectivity index (χ3n) is 3.72. The van der Waals surface area contributed by atoms with Crippen molar-refractivity contribution in [2.75, 3.05) is 13.7 Å². The fourth-order valence-electron chi connectivity index (χ4n) is 2.65. The first-order valence-corrected chi connectivity index (χ1v) is 7.79.